The Bertz CT molecular complexity index is 877. The third-order valence-electron chi connectivity index (χ3n) is 5.12. The minimum Gasteiger partial charge on any atom is -0.297 e. The second-order valence-corrected chi connectivity index (χ2v) is 6.91. The number of piperidine rings is 1. The lowest BCUT2D eigenvalue weighted by molar-refractivity contribution is -0.137. The van der Waals surface area contributed by atoms with Crippen molar-refractivity contribution >= 4 is 0 Å². The molecule has 3 heterocycles. The van der Waals surface area contributed by atoms with Crippen molar-refractivity contribution in [2.45, 2.75) is 31.5 Å². The van der Waals surface area contributed by atoms with Crippen LogP contribution >= 0.6 is 0 Å². The summed E-state index contributed by atoms with van der Waals surface area (Å²) in [6.07, 6.45) is 0.887. The van der Waals surface area contributed by atoms with Gasteiger partial charge in [0.15, 0.2) is 0 Å². The molecule has 3 aromatic rings. The number of halogens is 3. The number of hydrogen-bond donors (Lipinski definition) is 2. The van der Waals surface area contributed by atoms with Gasteiger partial charge in [-0.3, -0.25) is 15.1 Å². The lowest BCUT2D eigenvalue weighted by Gasteiger charge is -2.31. The number of rotatable bonds is 4. The second kappa shape index (κ2) is 7.19. The number of H-pyrrole nitrogens is 2. The molecule has 1 aliphatic rings. The van der Waals surface area contributed by atoms with Gasteiger partial charge in [0.25, 0.3) is 0 Å². The Morgan fingerprint density at radius 3 is 2.59 bits per heavy atom. The highest BCUT2D eigenvalue weighted by atomic mass is 19.4. The molecule has 1 saturated heterocycles. The van der Waals surface area contributed by atoms with Gasteiger partial charge in [-0.1, -0.05) is 12.1 Å². The fourth-order valence-corrected chi connectivity index (χ4v) is 3.69. The summed E-state index contributed by atoms with van der Waals surface area (Å²) in [5, 5.41) is 14.1. The van der Waals surface area contributed by atoms with Gasteiger partial charge in [-0.25, -0.2) is 0 Å². The summed E-state index contributed by atoms with van der Waals surface area (Å²) in [6.45, 7) is 2.67. The van der Waals surface area contributed by atoms with Gasteiger partial charge >= 0.3 is 6.18 Å². The summed E-state index contributed by atoms with van der Waals surface area (Å²) in [4.78, 5) is 2.35. The number of benzene rings is 1. The Balaban J connectivity index is 1.48. The van der Waals surface area contributed by atoms with E-state index in [1.165, 1.54) is 12.1 Å². The number of aromatic amines is 2. The number of alkyl halides is 3. The smallest absolute Gasteiger partial charge is 0.297 e. The third kappa shape index (κ3) is 3.90. The fourth-order valence-electron chi connectivity index (χ4n) is 3.69. The van der Waals surface area contributed by atoms with Crippen molar-refractivity contribution in [1.82, 2.24) is 25.3 Å². The lowest BCUT2D eigenvalue weighted by Crippen LogP contribution is -2.32. The van der Waals surface area contributed by atoms with E-state index in [1.807, 2.05) is 6.07 Å². The molecule has 2 aromatic heterocycles. The first-order valence-corrected chi connectivity index (χ1v) is 8.92. The van der Waals surface area contributed by atoms with Crippen molar-refractivity contribution in [2.24, 2.45) is 0 Å². The predicted octanol–water partition coefficient (Wildman–Crippen LogP) is 4.20. The molecule has 0 radical (unpaired) electrons. The van der Waals surface area contributed by atoms with Crippen LogP contribution in [0.2, 0.25) is 0 Å². The van der Waals surface area contributed by atoms with Crippen molar-refractivity contribution in [1.29, 1.82) is 0 Å². The van der Waals surface area contributed by atoms with Crippen LogP contribution in [0.5, 0.6) is 0 Å². The molecule has 0 spiro atoms. The van der Waals surface area contributed by atoms with E-state index in [0.29, 0.717) is 5.56 Å². The predicted molar refractivity (Wildman–Crippen MR) is 94.9 cm³/mol. The Labute approximate surface area is 154 Å². The zero-order chi connectivity index (χ0) is 18.9. The first-order valence-electron chi connectivity index (χ1n) is 8.92. The van der Waals surface area contributed by atoms with Crippen LogP contribution in [0, 0.1) is 0 Å². The largest absolute Gasteiger partial charge is 0.416 e. The van der Waals surface area contributed by atoms with Crippen LogP contribution in [-0.2, 0) is 12.7 Å². The standard InChI is InChI=1S/C19H20F3N5/c20-19(21,22)15-3-1-2-14(10-15)17-11-24-26-18(17)13-5-8-27(9-6-13)12-16-4-7-23-25-16/h1-4,7,10-11,13H,5-6,8-9,12H2,(H,23,25)(H,24,26). The third-order valence-corrected chi connectivity index (χ3v) is 5.12. The Morgan fingerprint density at radius 1 is 1.07 bits per heavy atom. The van der Waals surface area contributed by atoms with Crippen LogP contribution in [0.15, 0.2) is 42.7 Å². The lowest BCUT2D eigenvalue weighted by atomic mass is 9.89. The van der Waals surface area contributed by atoms with Gasteiger partial charge in [0, 0.05) is 35.6 Å². The normalized spacial score (nSPS) is 16.7. The van der Waals surface area contributed by atoms with Gasteiger partial charge in [0.2, 0.25) is 0 Å². The highest BCUT2D eigenvalue weighted by Gasteiger charge is 2.31. The van der Waals surface area contributed by atoms with E-state index in [-0.39, 0.29) is 5.92 Å². The quantitative estimate of drug-likeness (QED) is 0.719. The van der Waals surface area contributed by atoms with Crippen molar-refractivity contribution in [3.05, 3.63) is 59.7 Å². The Kier molecular flexibility index (Phi) is 4.73. The number of nitrogens with one attached hydrogen (secondary N) is 2. The first-order chi connectivity index (χ1) is 13.0. The minimum absolute atomic E-state index is 0.259. The highest BCUT2D eigenvalue weighted by molar-refractivity contribution is 5.66. The van der Waals surface area contributed by atoms with Crippen molar-refractivity contribution < 1.29 is 13.2 Å². The van der Waals surface area contributed by atoms with E-state index in [4.69, 9.17) is 0 Å². The first kappa shape index (κ1) is 17.8. The second-order valence-electron chi connectivity index (χ2n) is 6.91. The van der Waals surface area contributed by atoms with Gasteiger partial charge in [-0.15, -0.1) is 0 Å². The number of hydrogen-bond acceptors (Lipinski definition) is 3. The number of likely N-dealkylation sites (tertiary alicyclic amines) is 1. The molecule has 0 atom stereocenters. The summed E-state index contributed by atoms with van der Waals surface area (Å²) in [5.41, 5.74) is 2.68. The maximum absolute atomic E-state index is 13.0. The Morgan fingerprint density at radius 2 is 1.89 bits per heavy atom. The molecule has 0 saturated carbocycles. The summed E-state index contributed by atoms with van der Waals surface area (Å²) in [7, 11) is 0. The highest BCUT2D eigenvalue weighted by Crippen LogP contribution is 2.36. The molecule has 4 rings (SSSR count). The molecule has 0 bridgehead atoms. The van der Waals surface area contributed by atoms with Gasteiger partial charge in [0.1, 0.15) is 0 Å². The molecule has 142 valence electrons. The Hall–Kier alpha value is -2.61. The minimum atomic E-state index is -4.35. The monoisotopic (exact) mass is 375 g/mol. The van der Waals surface area contributed by atoms with E-state index in [0.717, 1.165) is 55.5 Å². The molecular weight excluding hydrogens is 355 g/mol. The zero-order valence-corrected chi connectivity index (χ0v) is 14.6. The molecule has 1 fully saturated rings. The van der Waals surface area contributed by atoms with Gasteiger partial charge < -0.3 is 0 Å². The SMILES string of the molecule is FC(F)(F)c1cccc(-c2cn[nH]c2C2CCN(Cc3ccn[nH]3)CC2)c1. The number of aromatic nitrogens is 4. The van der Waals surface area contributed by atoms with Crippen LogP contribution < -0.4 is 0 Å². The van der Waals surface area contributed by atoms with Crippen LogP contribution in [0.25, 0.3) is 11.1 Å². The molecular formula is C19H20F3N5. The molecule has 1 aliphatic heterocycles. The van der Waals surface area contributed by atoms with Crippen molar-refractivity contribution in [3.8, 4) is 11.1 Å². The van der Waals surface area contributed by atoms with Crippen LogP contribution in [-0.4, -0.2) is 38.4 Å². The van der Waals surface area contributed by atoms with Gasteiger partial charge in [-0.2, -0.15) is 23.4 Å². The van der Waals surface area contributed by atoms with Crippen molar-refractivity contribution in [3.63, 3.8) is 0 Å². The summed E-state index contributed by atoms with van der Waals surface area (Å²) in [6, 6.07) is 7.41. The average molecular weight is 375 g/mol. The van der Waals surface area contributed by atoms with E-state index in [9.17, 15) is 13.2 Å². The van der Waals surface area contributed by atoms with E-state index in [1.54, 1.807) is 18.5 Å². The molecule has 0 unspecified atom stereocenters. The van der Waals surface area contributed by atoms with E-state index >= 15 is 0 Å². The van der Waals surface area contributed by atoms with Crippen LogP contribution in [0.3, 0.4) is 0 Å². The topological polar surface area (TPSA) is 60.6 Å². The van der Waals surface area contributed by atoms with Gasteiger partial charge in [0.05, 0.1) is 11.8 Å². The van der Waals surface area contributed by atoms with Crippen LogP contribution in [0.4, 0.5) is 13.2 Å². The molecule has 0 amide bonds. The summed E-state index contributed by atoms with van der Waals surface area (Å²) in [5.74, 6) is 0.259. The van der Waals surface area contributed by atoms with Crippen molar-refractivity contribution in [2.75, 3.05) is 13.1 Å². The molecule has 27 heavy (non-hydrogen) atoms. The zero-order valence-electron chi connectivity index (χ0n) is 14.6. The molecule has 2 N–H and O–H groups in total. The summed E-state index contributed by atoms with van der Waals surface area (Å²) < 4.78 is 39.1. The van der Waals surface area contributed by atoms with E-state index < -0.39 is 11.7 Å². The van der Waals surface area contributed by atoms with E-state index in [2.05, 4.69) is 25.3 Å². The molecule has 5 nitrogen and oxygen atoms in total. The van der Waals surface area contributed by atoms with Gasteiger partial charge in [-0.05, 0) is 49.7 Å². The molecule has 8 heteroatoms. The maximum Gasteiger partial charge on any atom is 0.416 e. The fraction of sp³-hybridized carbons (Fsp3) is 0.368. The molecule has 0 aliphatic carbocycles. The average Bonchev–Trinajstić information content (AvgIpc) is 3.33. The van der Waals surface area contributed by atoms with Crippen LogP contribution in [0.1, 0.15) is 35.7 Å². The maximum atomic E-state index is 13.0. The molecule has 1 aromatic carbocycles. The number of nitrogens with zero attached hydrogens (tertiary/aromatic N) is 3. The summed E-state index contributed by atoms with van der Waals surface area (Å²) >= 11 is 0.